The molecule has 4 nitrogen and oxygen atoms in total. The summed E-state index contributed by atoms with van der Waals surface area (Å²) in [6.45, 7) is 3.10. The van der Waals surface area contributed by atoms with Gasteiger partial charge in [-0.3, -0.25) is 0 Å². The van der Waals surface area contributed by atoms with Crippen molar-refractivity contribution < 1.29 is 0 Å². The molecule has 0 amide bonds. The van der Waals surface area contributed by atoms with Crippen molar-refractivity contribution in [3.05, 3.63) is 52.0 Å². The number of hydrogen-bond donors (Lipinski definition) is 0. The van der Waals surface area contributed by atoms with Crippen LogP contribution in [0.15, 0.2) is 35.1 Å². The molecule has 1 unspecified atom stereocenters. The Bertz CT molecular complexity index is 670. The van der Waals surface area contributed by atoms with Gasteiger partial charge in [-0.05, 0) is 43.0 Å². The fraction of sp³-hybridized carbons (Fsp3) is 0.312. The molecular formula is C16H15BrN4. The molecule has 5 heteroatoms. The van der Waals surface area contributed by atoms with Gasteiger partial charge < -0.3 is 4.90 Å². The SMILES string of the molecule is Cc1cc(Br)cc(C2CCCN2c2cnc(C#N)nc2)c1. The predicted octanol–water partition coefficient (Wildman–Crippen LogP) is 3.76. The molecule has 2 heterocycles. The van der Waals surface area contributed by atoms with Crippen molar-refractivity contribution in [3.63, 3.8) is 0 Å². The van der Waals surface area contributed by atoms with Crippen LogP contribution in [-0.4, -0.2) is 16.5 Å². The molecule has 0 bridgehead atoms. The number of nitrogens with zero attached hydrogens (tertiary/aromatic N) is 4. The second-order valence-electron chi connectivity index (χ2n) is 5.29. The van der Waals surface area contributed by atoms with E-state index in [-0.39, 0.29) is 5.82 Å². The number of nitriles is 1. The zero-order valence-electron chi connectivity index (χ0n) is 11.8. The molecule has 1 aliphatic rings. The predicted molar refractivity (Wildman–Crippen MR) is 84.9 cm³/mol. The lowest BCUT2D eigenvalue weighted by molar-refractivity contribution is 0.715. The summed E-state index contributed by atoms with van der Waals surface area (Å²) < 4.78 is 1.11. The summed E-state index contributed by atoms with van der Waals surface area (Å²) in [6, 6.07) is 8.83. The quantitative estimate of drug-likeness (QED) is 0.833. The summed E-state index contributed by atoms with van der Waals surface area (Å²) in [4.78, 5) is 10.5. The lowest BCUT2D eigenvalue weighted by Crippen LogP contribution is -2.23. The van der Waals surface area contributed by atoms with Gasteiger partial charge in [0.2, 0.25) is 5.82 Å². The first kappa shape index (κ1) is 14.0. The Kier molecular flexibility index (Phi) is 3.89. The normalized spacial score (nSPS) is 17.8. The molecule has 106 valence electrons. The molecule has 1 atom stereocenters. The largest absolute Gasteiger partial charge is 0.362 e. The highest BCUT2D eigenvalue weighted by Gasteiger charge is 2.27. The van der Waals surface area contributed by atoms with Crippen LogP contribution in [0.4, 0.5) is 5.69 Å². The zero-order chi connectivity index (χ0) is 14.8. The molecule has 1 aromatic carbocycles. The third kappa shape index (κ3) is 2.91. The van der Waals surface area contributed by atoms with E-state index in [1.54, 1.807) is 12.4 Å². The second kappa shape index (κ2) is 5.82. The van der Waals surface area contributed by atoms with Gasteiger partial charge in [-0.1, -0.05) is 22.0 Å². The Hall–Kier alpha value is -1.93. The van der Waals surface area contributed by atoms with Crippen molar-refractivity contribution in [2.75, 3.05) is 11.4 Å². The van der Waals surface area contributed by atoms with E-state index < -0.39 is 0 Å². The van der Waals surface area contributed by atoms with E-state index in [1.807, 2.05) is 6.07 Å². The van der Waals surface area contributed by atoms with Gasteiger partial charge in [-0.15, -0.1) is 0 Å². The highest BCUT2D eigenvalue weighted by atomic mass is 79.9. The maximum absolute atomic E-state index is 8.79. The molecule has 1 aromatic heterocycles. The first-order valence-electron chi connectivity index (χ1n) is 6.93. The molecule has 21 heavy (non-hydrogen) atoms. The molecule has 0 spiro atoms. The molecule has 2 aromatic rings. The first-order valence-corrected chi connectivity index (χ1v) is 7.72. The van der Waals surface area contributed by atoms with E-state index in [1.165, 1.54) is 11.1 Å². The maximum atomic E-state index is 8.79. The van der Waals surface area contributed by atoms with Crippen molar-refractivity contribution in [1.29, 1.82) is 5.26 Å². The minimum absolute atomic E-state index is 0.216. The molecule has 1 aliphatic heterocycles. The molecule has 3 rings (SSSR count). The molecule has 0 saturated carbocycles. The van der Waals surface area contributed by atoms with Crippen LogP contribution in [0.3, 0.4) is 0 Å². The van der Waals surface area contributed by atoms with Gasteiger partial charge in [0.25, 0.3) is 0 Å². The van der Waals surface area contributed by atoms with Crippen molar-refractivity contribution in [3.8, 4) is 6.07 Å². The molecule has 0 aliphatic carbocycles. The molecule has 0 radical (unpaired) electrons. The van der Waals surface area contributed by atoms with Gasteiger partial charge in [-0.2, -0.15) is 5.26 Å². The van der Waals surface area contributed by atoms with Gasteiger partial charge in [0.1, 0.15) is 6.07 Å². The third-order valence-corrected chi connectivity index (χ3v) is 4.23. The van der Waals surface area contributed by atoms with Crippen LogP contribution in [0.25, 0.3) is 0 Å². The monoisotopic (exact) mass is 342 g/mol. The number of halogens is 1. The number of rotatable bonds is 2. The fourth-order valence-corrected chi connectivity index (χ4v) is 3.53. The summed E-state index contributed by atoms with van der Waals surface area (Å²) in [7, 11) is 0. The fourth-order valence-electron chi connectivity index (χ4n) is 2.91. The summed E-state index contributed by atoms with van der Waals surface area (Å²) in [5, 5.41) is 8.79. The van der Waals surface area contributed by atoms with Crippen molar-refractivity contribution >= 4 is 21.6 Å². The van der Waals surface area contributed by atoms with E-state index in [0.717, 1.165) is 29.5 Å². The average Bonchev–Trinajstić information content (AvgIpc) is 2.96. The number of aromatic nitrogens is 2. The van der Waals surface area contributed by atoms with Crippen LogP contribution in [0, 0.1) is 18.3 Å². The molecule has 1 fully saturated rings. The van der Waals surface area contributed by atoms with Crippen LogP contribution >= 0.6 is 15.9 Å². The van der Waals surface area contributed by atoms with E-state index >= 15 is 0 Å². The smallest absolute Gasteiger partial charge is 0.232 e. The highest BCUT2D eigenvalue weighted by molar-refractivity contribution is 9.10. The summed E-state index contributed by atoms with van der Waals surface area (Å²) in [5.41, 5.74) is 3.54. The minimum Gasteiger partial charge on any atom is -0.362 e. The van der Waals surface area contributed by atoms with Gasteiger partial charge in [-0.25, -0.2) is 9.97 Å². The Morgan fingerprint density at radius 3 is 2.71 bits per heavy atom. The number of benzene rings is 1. The van der Waals surface area contributed by atoms with E-state index in [9.17, 15) is 0 Å². The topological polar surface area (TPSA) is 52.8 Å². The highest BCUT2D eigenvalue weighted by Crippen LogP contribution is 2.36. The first-order chi connectivity index (χ1) is 10.2. The summed E-state index contributed by atoms with van der Waals surface area (Å²) in [6.07, 6.45) is 5.76. The van der Waals surface area contributed by atoms with E-state index in [0.29, 0.717) is 6.04 Å². The standard InChI is InChI=1S/C16H15BrN4/c1-11-5-12(7-13(17)6-11)15-3-2-4-21(15)14-9-19-16(8-18)20-10-14/h5-7,9-10,15H,2-4H2,1H3. The van der Waals surface area contributed by atoms with E-state index in [2.05, 4.69) is 55.9 Å². The van der Waals surface area contributed by atoms with Crippen LogP contribution in [-0.2, 0) is 0 Å². The van der Waals surface area contributed by atoms with Crippen molar-refractivity contribution in [1.82, 2.24) is 9.97 Å². The summed E-state index contributed by atoms with van der Waals surface area (Å²) >= 11 is 3.58. The van der Waals surface area contributed by atoms with Gasteiger partial charge in [0, 0.05) is 11.0 Å². The molecular weight excluding hydrogens is 328 g/mol. The lowest BCUT2D eigenvalue weighted by atomic mass is 10.0. The van der Waals surface area contributed by atoms with Gasteiger partial charge in [0.05, 0.1) is 24.1 Å². The van der Waals surface area contributed by atoms with Crippen LogP contribution in [0.5, 0.6) is 0 Å². The van der Waals surface area contributed by atoms with Gasteiger partial charge >= 0.3 is 0 Å². The van der Waals surface area contributed by atoms with Crippen LogP contribution in [0.1, 0.15) is 35.8 Å². The summed E-state index contributed by atoms with van der Waals surface area (Å²) in [5.74, 6) is 0.216. The Morgan fingerprint density at radius 2 is 2.05 bits per heavy atom. The maximum Gasteiger partial charge on any atom is 0.232 e. The number of aryl methyl sites for hydroxylation is 1. The Balaban J connectivity index is 1.93. The number of hydrogen-bond acceptors (Lipinski definition) is 4. The Morgan fingerprint density at radius 1 is 1.29 bits per heavy atom. The Labute approximate surface area is 132 Å². The third-order valence-electron chi connectivity index (χ3n) is 3.77. The van der Waals surface area contributed by atoms with Gasteiger partial charge in [0.15, 0.2) is 0 Å². The van der Waals surface area contributed by atoms with Crippen LogP contribution < -0.4 is 4.90 Å². The molecule has 0 N–H and O–H groups in total. The van der Waals surface area contributed by atoms with E-state index in [4.69, 9.17) is 5.26 Å². The minimum atomic E-state index is 0.216. The number of anilines is 1. The second-order valence-corrected chi connectivity index (χ2v) is 6.21. The lowest BCUT2D eigenvalue weighted by Gasteiger charge is -2.27. The average molecular weight is 343 g/mol. The molecule has 1 saturated heterocycles. The van der Waals surface area contributed by atoms with Crippen LogP contribution in [0.2, 0.25) is 0 Å². The van der Waals surface area contributed by atoms with Crippen molar-refractivity contribution in [2.24, 2.45) is 0 Å². The zero-order valence-corrected chi connectivity index (χ0v) is 13.3. The van der Waals surface area contributed by atoms with Crippen molar-refractivity contribution in [2.45, 2.75) is 25.8 Å².